The smallest absolute Gasteiger partial charge is 0.412 e. The molecular weight excluding hydrogens is 286 g/mol. The maximum Gasteiger partial charge on any atom is 0.412 e. The van der Waals surface area contributed by atoms with Gasteiger partial charge in [-0.1, -0.05) is 12.1 Å². The Labute approximate surface area is 129 Å². The molecule has 0 saturated carbocycles. The van der Waals surface area contributed by atoms with E-state index in [2.05, 4.69) is 5.32 Å². The van der Waals surface area contributed by atoms with Crippen LogP contribution < -0.4 is 5.32 Å². The van der Waals surface area contributed by atoms with Crippen LogP contribution in [0.5, 0.6) is 0 Å². The molecule has 1 atom stereocenters. The number of hydrogen-bond donors (Lipinski definition) is 1. The second kappa shape index (κ2) is 7.59. The van der Waals surface area contributed by atoms with Crippen molar-refractivity contribution in [3.63, 3.8) is 0 Å². The molecule has 0 radical (unpaired) electrons. The molecule has 0 aliphatic heterocycles. The van der Waals surface area contributed by atoms with Crippen LogP contribution >= 0.6 is 0 Å². The van der Waals surface area contributed by atoms with Crippen LogP contribution in [0.25, 0.3) is 0 Å². The van der Waals surface area contributed by atoms with E-state index in [1.54, 1.807) is 45.0 Å². The number of hydrogen-bond acceptors (Lipinski definition) is 5. The number of methoxy groups -OCH3 is 1. The third-order valence-corrected chi connectivity index (χ3v) is 2.75. The number of esters is 1. The predicted octanol–water partition coefficient (Wildman–Crippen LogP) is 2.88. The van der Waals surface area contributed by atoms with E-state index >= 15 is 0 Å². The van der Waals surface area contributed by atoms with Crippen molar-refractivity contribution in [1.82, 2.24) is 0 Å². The van der Waals surface area contributed by atoms with Gasteiger partial charge in [0.25, 0.3) is 0 Å². The summed E-state index contributed by atoms with van der Waals surface area (Å²) in [4.78, 5) is 34.2. The molecule has 0 aromatic heterocycles. The van der Waals surface area contributed by atoms with Crippen molar-refractivity contribution < 1.29 is 23.9 Å². The Morgan fingerprint density at radius 1 is 1.32 bits per heavy atom. The minimum absolute atomic E-state index is 0.0164. The van der Waals surface area contributed by atoms with Gasteiger partial charge in [0.15, 0.2) is 0 Å². The van der Waals surface area contributed by atoms with Crippen LogP contribution in [0, 0.1) is 0 Å². The van der Waals surface area contributed by atoms with Gasteiger partial charge in [-0.2, -0.15) is 0 Å². The first-order valence-electron chi connectivity index (χ1n) is 6.88. The van der Waals surface area contributed by atoms with Crippen molar-refractivity contribution >= 4 is 24.0 Å². The van der Waals surface area contributed by atoms with Crippen molar-refractivity contribution in [2.45, 2.75) is 38.7 Å². The van der Waals surface area contributed by atoms with E-state index in [9.17, 15) is 14.4 Å². The van der Waals surface area contributed by atoms with Gasteiger partial charge >= 0.3 is 12.1 Å². The van der Waals surface area contributed by atoms with Gasteiger partial charge in [0, 0.05) is 12.1 Å². The average Bonchev–Trinajstić information content (AvgIpc) is 2.42. The molecule has 1 amide bonds. The molecule has 0 fully saturated rings. The van der Waals surface area contributed by atoms with E-state index < -0.39 is 23.6 Å². The van der Waals surface area contributed by atoms with Gasteiger partial charge in [-0.3, -0.25) is 10.1 Å². The minimum atomic E-state index is -0.692. The maximum atomic E-state index is 11.7. The molecule has 0 aliphatic carbocycles. The lowest BCUT2D eigenvalue weighted by Gasteiger charge is -2.20. The summed E-state index contributed by atoms with van der Waals surface area (Å²) in [6.45, 7) is 5.29. The Hall–Kier alpha value is -2.37. The average molecular weight is 307 g/mol. The molecule has 0 aliphatic rings. The van der Waals surface area contributed by atoms with Crippen molar-refractivity contribution in [3.05, 3.63) is 29.8 Å². The second-order valence-corrected chi connectivity index (χ2v) is 5.73. The van der Waals surface area contributed by atoms with Gasteiger partial charge in [0.05, 0.1) is 13.0 Å². The molecule has 1 aromatic rings. The highest BCUT2D eigenvalue weighted by Crippen LogP contribution is 2.23. The second-order valence-electron chi connectivity index (χ2n) is 5.73. The summed E-state index contributed by atoms with van der Waals surface area (Å²) in [6, 6.07) is 6.67. The molecule has 0 heterocycles. The first-order chi connectivity index (χ1) is 10.3. The highest BCUT2D eigenvalue weighted by atomic mass is 16.6. The van der Waals surface area contributed by atoms with Crippen molar-refractivity contribution in [3.8, 4) is 0 Å². The third kappa shape index (κ3) is 5.55. The first kappa shape index (κ1) is 17.7. The molecule has 6 nitrogen and oxygen atoms in total. The van der Waals surface area contributed by atoms with Gasteiger partial charge in [0.2, 0.25) is 0 Å². The summed E-state index contributed by atoms with van der Waals surface area (Å²) in [5, 5.41) is 2.59. The van der Waals surface area contributed by atoms with Gasteiger partial charge in [-0.05, 0) is 38.5 Å². The molecule has 120 valence electrons. The highest BCUT2D eigenvalue weighted by Gasteiger charge is 2.22. The van der Waals surface area contributed by atoms with Gasteiger partial charge in [-0.15, -0.1) is 0 Å². The van der Waals surface area contributed by atoms with Crippen LogP contribution in [0.3, 0.4) is 0 Å². The van der Waals surface area contributed by atoms with Crippen molar-refractivity contribution in [1.29, 1.82) is 0 Å². The lowest BCUT2D eigenvalue weighted by atomic mass is 9.96. The summed E-state index contributed by atoms with van der Waals surface area (Å²) in [5.41, 5.74) is 0.465. The molecule has 6 heteroatoms. The largest absolute Gasteiger partial charge is 0.469 e. The zero-order valence-electron chi connectivity index (χ0n) is 13.2. The number of carbonyl (C=O) groups is 3. The van der Waals surface area contributed by atoms with Crippen molar-refractivity contribution in [2.24, 2.45) is 0 Å². The summed E-state index contributed by atoms with van der Waals surface area (Å²) in [5.74, 6) is -1.19. The molecule has 0 saturated heterocycles. The van der Waals surface area contributed by atoms with E-state index in [1.807, 2.05) is 0 Å². The van der Waals surface area contributed by atoms with E-state index in [0.717, 1.165) is 0 Å². The third-order valence-electron chi connectivity index (χ3n) is 2.75. The summed E-state index contributed by atoms with van der Waals surface area (Å²) >= 11 is 0. The zero-order valence-corrected chi connectivity index (χ0v) is 13.2. The standard InChI is InChI=1S/C16H21NO5/c1-16(2,3)22-15(20)17-12-7-5-6-11(10-12)13(8-9-18)14(19)21-4/h5-7,9-10,13H,8H2,1-4H3,(H,17,20). The SMILES string of the molecule is COC(=O)C(CC=O)c1cccc(NC(=O)OC(C)(C)C)c1. The van der Waals surface area contributed by atoms with Crippen LogP contribution in [0.4, 0.5) is 10.5 Å². The highest BCUT2D eigenvalue weighted by molar-refractivity contribution is 5.86. The number of anilines is 1. The van der Waals surface area contributed by atoms with Crippen LogP contribution in [0.2, 0.25) is 0 Å². The number of amides is 1. The van der Waals surface area contributed by atoms with E-state index in [-0.39, 0.29) is 6.42 Å². The fourth-order valence-electron chi connectivity index (χ4n) is 1.86. The topological polar surface area (TPSA) is 81.7 Å². The molecule has 1 rings (SSSR count). The molecule has 0 bridgehead atoms. The number of ether oxygens (including phenoxy) is 2. The molecule has 1 unspecified atom stereocenters. The Balaban J connectivity index is 2.90. The summed E-state index contributed by atoms with van der Waals surface area (Å²) < 4.78 is 9.86. The summed E-state index contributed by atoms with van der Waals surface area (Å²) in [7, 11) is 1.27. The van der Waals surface area contributed by atoms with Gasteiger partial charge < -0.3 is 14.3 Å². The normalized spacial score (nSPS) is 12.2. The zero-order chi connectivity index (χ0) is 16.8. The predicted molar refractivity (Wildman–Crippen MR) is 81.7 cm³/mol. The van der Waals surface area contributed by atoms with Gasteiger partial charge in [0.1, 0.15) is 11.9 Å². The number of benzene rings is 1. The van der Waals surface area contributed by atoms with E-state index in [1.165, 1.54) is 7.11 Å². The summed E-state index contributed by atoms with van der Waals surface area (Å²) in [6.07, 6.45) is 0.0904. The Morgan fingerprint density at radius 2 is 2.00 bits per heavy atom. The first-order valence-corrected chi connectivity index (χ1v) is 6.88. The van der Waals surface area contributed by atoms with Gasteiger partial charge in [-0.25, -0.2) is 4.79 Å². The molecule has 22 heavy (non-hydrogen) atoms. The van der Waals surface area contributed by atoms with Crippen LogP contribution in [-0.2, 0) is 19.1 Å². The Morgan fingerprint density at radius 3 is 2.55 bits per heavy atom. The molecule has 1 aromatic carbocycles. The number of nitrogens with one attached hydrogen (secondary N) is 1. The van der Waals surface area contributed by atoms with Crippen LogP contribution in [-0.4, -0.2) is 31.1 Å². The Bertz CT molecular complexity index is 548. The van der Waals surface area contributed by atoms with Crippen LogP contribution in [0.15, 0.2) is 24.3 Å². The number of rotatable bonds is 5. The van der Waals surface area contributed by atoms with E-state index in [4.69, 9.17) is 9.47 Å². The minimum Gasteiger partial charge on any atom is -0.469 e. The fraction of sp³-hybridized carbons (Fsp3) is 0.438. The van der Waals surface area contributed by atoms with E-state index in [0.29, 0.717) is 17.5 Å². The lowest BCUT2D eigenvalue weighted by Crippen LogP contribution is -2.27. The monoisotopic (exact) mass is 307 g/mol. The van der Waals surface area contributed by atoms with Crippen LogP contribution in [0.1, 0.15) is 38.7 Å². The maximum absolute atomic E-state index is 11.7. The Kier molecular flexibility index (Phi) is 6.10. The quantitative estimate of drug-likeness (QED) is 0.668. The van der Waals surface area contributed by atoms with Crippen molar-refractivity contribution in [2.75, 3.05) is 12.4 Å². The number of carbonyl (C=O) groups excluding carboxylic acids is 3. The number of aldehydes is 1. The molecular formula is C16H21NO5. The lowest BCUT2D eigenvalue weighted by molar-refractivity contribution is -0.143. The molecule has 1 N–H and O–H groups in total. The fourth-order valence-corrected chi connectivity index (χ4v) is 1.86. The molecule has 0 spiro atoms.